The van der Waals surface area contributed by atoms with Crippen LogP contribution < -0.4 is 16.8 Å². The van der Waals surface area contributed by atoms with E-state index in [1.54, 1.807) is 13.8 Å². The van der Waals surface area contributed by atoms with Crippen molar-refractivity contribution in [3.05, 3.63) is 0 Å². The Morgan fingerprint density at radius 3 is 2.06 bits per heavy atom. The van der Waals surface area contributed by atoms with E-state index in [0.29, 0.717) is 0 Å². The lowest BCUT2D eigenvalue weighted by Gasteiger charge is -2.29. The highest BCUT2D eigenvalue weighted by atomic mass is 16.2. The minimum absolute atomic E-state index is 0.0287. The van der Waals surface area contributed by atoms with Gasteiger partial charge in [0.25, 0.3) is 0 Å². The van der Waals surface area contributed by atoms with Crippen molar-refractivity contribution >= 4 is 11.8 Å². The first-order valence-corrected chi connectivity index (χ1v) is 5.70. The average Bonchev–Trinajstić information content (AvgIpc) is 2.17. The molecule has 0 atom stereocenters. The molecule has 1 aliphatic carbocycles. The van der Waals surface area contributed by atoms with Crippen LogP contribution in [-0.2, 0) is 9.59 Å². The first-order valence-electron chi connectivity index (χ1n) is 5.70. The van der Waals surface area contributed by atoms with Gasteiger partial charge < -0.3 is 16.8 Å². The van der Waals surface area contributed by atoms with Crippen LogP contribution in [0.15, 0.2) is 0 Å². The summed E-state index contributed by atoms with van der Waals surface area (Å²) >= 11 is 0. The van der Waals surface area contributed by atoms with Gasteiger partial charge in [0.05, 0.1) is 5.54 Å². The predicted molar refractivity (Wildman–Crippen MR) is 61.3 cm³/mol. The third-order valence-corrected chi connectivity index (χ3v) is 3.05. The summed E-state index contributed by atoms with van der Waals surface area (Å²) in [5, 5.41) is 2.90. The molecule has 0 aliphatic heterocycles. The number of rotatable bonds is 3. The molecule has 1 rings (SSSR count). The van der Waals surface area contributed by atoms with Crippen molar-refractivity contribution in [1.29, 1.82) is 0 Å². The molecule has 0 saturated heterocycles. The standard InChI is InChI=1S/C11H21N3O2/c1-11(2,13)10(16)14-8-5-3-7(4-6-8)9(12)15/h7-8H,3-6,13H2,1-2H3,(H2,12,15)(H,14,16). The summed E-state index contributed by atoms with van der Waals surface area (Å²) in [5.74, 6) is -0.405. The van der Waals surface area contributed by atoms with Crippen molar-refractivity contribution in [1.82, 2.24) is 5.32 Å². The number of carbonyl (C=O) groups excluding carboxylic acids is 2. The lowest BCUT2D eigenvalue weighted by molar-refractivity contribution is -0.126. The van der Waals surface area contributed by atoms with Crippen molar-refractivity contribution in [2.45, 2.75) is 51.1 Å². The number of hydrogen-bond donors (Lipinski definition) is 3. The largest absolute Gasteiger partial charge is 0.369 e. The van der Waals surface area contributed by atoms with Crippen molar-refractivity contribution in [3.8, 4) is 0 Å². The zero-order chi connectivity index (χ0) is 12.3. The third-order valence-electron chi connectivity index (χ3n) is 3.05. The minimum Gasteiger partial charge on any atom is -0.369 e. The van der Waals surface area contributed by atoms with Crippen LogP contribution in [0.4, 0.5) is 0 Å². The van der Waals surface area contributed by atoms with Crippen LogP contribution in [0, 0.1) is 5.92 Å². The average molecular weight is 227 g/mol. The number of nitrogens with one attached hydrogen (secondary N) is 1. The number of nitrogens with two attached hydrogens (primary N) is 2. The molecule has 5 N–H and O–H groups in total. The van der Waals surface area contributed by atoms with Crippen LogP contribution >= 0.6 is 0 Å². The van der Waals surface area contributed by atoms with Crippen LogP contribution in [0.3, 0.4) is 0 Å². The van der Waals surface area contributed by atoms with Gasteiger partial charge in [-0.3, -0.25) is 9.59 Å². The zero-order valence-corrected chi connectivity index (χ0v) is 9.95. The maximum atomic E-state index is 11.6. The highest BCUT2D eigenvalue weighted by Crippen LogP contribution is 2.24. The van der Waals surface area contributed by atoms with Gasteiger partial charge in [-0.05, 0) is 39.5 Å². The molecule has 5 nitrogen and oxygen atoms in total. The summed E-state index contributed by atoms with van der Waals surface area (Å²) in [5.41, 5.74) is 10.1. The molecule has 0 heterocycles. The van der Waals surface area contributed by atoms with E-state index in [4.69, 9.17) is 11.5 Å². The Balaban J connectivity index is 2.38. The first kappa shape index (κ1) is 13.0. The molecule has 0 unspecified atom stereocenters. The monoisotopic (exact) mass is 227 g/mol. The van der Waals surface area contributed by atoms with Crippen molar-refractivity contribution in [2.75, 3.05) is 0 Å². The van der Waals surface area contributed by atoms with Crippen LogP contribution in [-0.4, -0.2) is 23.4 Å². The predicted octanol–water partition coefficient (Wildman–Crippen LogP) is -0.116. The lowest BCUT2D eigenvalue weighted by atomic mass is 9.85. The van der Waals surface area contributed by atoms with Crippen LogP contribution in [0.2, 0.25) is 0 Å². The molecule has 0 aromatic heterocycles. The molecular formula is C11H21N3O2. The fourth-order valence-electron chi connectivity index (χ4n) is 1.89. The van der Waals surface area contributed by atoms with Gasteiger partial charge >= 0.3 is 0 Å². The van der Waals surface area contributed by atoms with Crippen molar-refractivity contribution in [2.24, 2.45) is 17.4 Å². The molecule has 1 aliphatic rings. The summed E-state index contributed by atoms with van der Waals surface area (Å²) in [6, 6.07) is 0.130. The molecule has 1 fully saturated rings. The summed E-state index contributed by atoms with van der Waals surface area (Å²) in [6.07, 6.45) is 3.11. The zero-order valence-electron chi connectivity index (χ0n) is 9.95. The van der Waals surface area contributed by atoms with Crippen LogP contribution in [0.5, 0.6) is 0 Å². The Morgan fingerprint density at radius 2 is 1.69 bits per heavy atom. The van der Waals surface area contributed by atoms with Crippen molar-refractivity contribution < 1.29 is 9.59 Å². The van der Waals surface area contributed by atoms with E-state index in [-0.39, 0.29) is 23.8 Å². The van der Waals surface area contributed by atoms with Gasteiger partial charge in [0.15, 0.2) is 0 Å². The topological polar surface area (TPSA) is 98.2 Å². The second-order valence-corrected chi connectivity index (χ2v) is 5.15. The van der Waals surface area contributed by atoms with Gasteiger partial charge in [0.2, 0.25) is 11.8 Å². The van der Waals surface area contributed by atoms with E-state index in [9.17, 15) is 9.59 Å². The van der Waals surface area contributed by atoms with E-state index in [1.165, 1.54) is 0 Å². The van der Waals surface area contributed by atoms with Gasteiger partial charge in [-0.15, -0.1) is 0 Å². The number of carbonyl (C=O) groups is 2. The molecule has 2 amide bonds. The van der Waals surface area contributed by atoms with Crippen LogP contribution in [0.25, 0.3) is 0 Å². The highest BCUT2D eigenvalue weighted by molar-refractivity contribution is 5.85. The molecule has 16 heavy (non-hydrogen) atoms. The lowest BCUT2D eigenvalue weighted by Crippen LogP contribution is -2.52. The van der Waals surface area contributed by atoms with Gasteiger partial charge in [-0.1, -0.05) is 0 Å². The third kappa shape index (κ3) is 3.48. The van der Waals surface area contributed by atoms with E-state index in [2.05, 4.69) is 5.32 Å². The molecule has 0 aromatic carbocycles. The van der Waals surface area contributed by atoms with Crippen molar-refractivity contribution in [3.63, 3.8) is 0 Å². The summed E-state index contributed by atoms with van der Waals surface area (Å²) in [4.78, 5) is 22.6. The maximum Gasteiger partial charge on any atom is 0.239 e. The van der Waals surface area contributed by atoms with E-state index in [1.807, 2.05) is 0 Å². The summed E-state index contributed by atoms with van der Waals surface area (Å²) in [7, 11) is 0. The van der Waals surface area contributed by atoms with E-state index >= 15 is 0 Å². The Kier molecular flexibility index (Phi) is 3.91. The summed E-state index contributed by atoms with van der Waals surface area (Å²) in [6.45, 7) is 3.36. The minimum atomic E-state index is -0.847. The van der Waals surface area contributed by atoms with Gasteiger partial charge in [0.1, 0.15) is 0 Å². The first-order chi connectivity index (χ1) is 7.30. The normalized spacial score (nSPS) is 26.2. The Morgan fingerprint density at radius 1 is 1.19 bits per heavy atom. The van der Waals surface area contributed by atoms with Crippen LogP contribution in [0.1, 0.15) is 39.5 Å². The fourth-order valence-corrected chi connectivity index (χ4v) is 1.89. The van der Waals surface area contributed by atoms with Gasteiger partial charge in [-0.2, -0.15) is 0 Å². The Labute approximate surface area is 95.9 Å². The number of hydrogen-bond acceptors (Lipinski definition) is 3. The second-order valence-electron chi connectivity index (χ2n) is 5.15. The molecule has 1 saturated carbocycles. The quantitative estimate of drug-likeness (QED) is 0.627. The van der Waals surface area contributed by atoms with E-state index in [0.717, 1.165) is 25.7 Å². The molecule has 0 aromatic rings. The van der Waals surface area contributed by atoms with Gasteiger partial charge in [0, 0.05) is 12.0 Å². The van der Waals surface area contributed by atoms with E-state index < -0.39 is 5.54 Å². The fraction of sp³-hybridized carbons (Fsp3) is 0.818. The molecular weight excluding hydrogens is 206 g/mol. The van der Waals surface area contributed by atoms with Gasteiger partial charge in [-0.25, -0.2) is 0 Å². The molecule has 0 spiro atoms. The number of primary amides is 1. The Hall–Kier alpha value is -1.10. The molecule has 0 bridgehead atoms. The smallest absolute Gasteiger partial charge is 0.239 e. The molecule has 0 radical (unpaired) electrons. The maximum absolute atomic E-state index is 11.6. The molecule has 92 valence electrons. The molecule has 5 heteroatoms. The SMILES string of the molecule is CC(C)(N)C(=O)NC1CCC(C(N)=O)CC1. The summed E-state index contributed by atoms with van der Waals surface area (Å²) < 4.78 is 0. The second kappa shape index (κ2) is 4.82. The highest BCUT2D eigenvalue weighted by Gasteiger charge is 2.29. The number of amides is 2. The Bertz CT molecular complexity index is 275.